The van der Waals surface area contributed by atoms with E-state index in [1.807, 2.05) is 12.1 Å². The second-order valence-corrected chi connectivity index (χ2v) is 5.04. The van der Waals surface area contributed by atoms with Gasteiger partial charge in [-0.3, -0.25) is 9.59 Å². The fourth-order valence-corrected chi connectivity index (χ4v) is 2.24. The predicted octanol–water partition coefficient (Wildman–Crippen LogP) is 4.15. The van der Waals surface area contributed by atoms with Crippen molar-refractivity contribution >= 4 is 22.5 Å². The van der Waals surface area contributed by atoms with E-state index in [4.69, 9.17) is 0 Å². The minimum Gasteiger partial charge on any atom is -0.466 e. The highest BCUT2D eigenvalue weighted by Crippen LogP contribution is 2.31. The van der Waals surface area contributed by atoms with Gasteiger partial charge in [0.2, 0.25) is 0 Å². The fraction of sp³-hybridized carbons (Fsp3) is 0.294. The predicted molar refractivity (Wildman–Crippen MR) is 79.1 cm³/mol. The molecule has 0 bridgehead atoms. The molecule has 0 saturated carbocycles. The van der Waals surface area contributed by atoms with Gasteiger partial charge in [0.15, 0.2) is 11.7 Å². The number of benzene rings is 2. The topological polar surface area (TPSA) is 43.4 Å². The van der Waals surface area contributed by atoms with Gasteiger partial charge in [0.1, 0.15) is 0 Å². The van der Waals surface area contributed by atoms with Crippen molar-refractivity contribution in [2.75, 3.05) is 6.61 Å². The van der Waals surface area contributed by atoms with E-state index in [1.165, 1.54) is 19.1 Å². The number of carbonyl (C=O) groups is 2. The maximum Gasteiger partial charge on any atom is 0.402 e. The summed E-state index contributed by atoms with van der Waals surface area (Å²) in [5.41, 5.74) is 0.141. The summed E-state index contributed by atoms with van der Waals surface area (Å²) in [6.45, 7) is 1.24. The van der Waals surface area contributed by atoms with Crippen molar-refractivity contribution in [1.82, 2.24) is 0 Å². The lowest BCUT2D eigenvalue weighted by Crippen LogP contribution is -2.34. The number of hydrogen-bond donors (Lipinski definition) is 0. The molecule has 2 rings (SSSR count). The SMILES string of the molecule is CCOC(=O)C(CC(=O)c1ccc2ccccc2c1)C(F)(F)F. The van der Waals surface area contributed by atoms with Crippen LogP contribution in [0, 0.1) is 5.92 Å². The van der Waals surface area contributed by atoms with E-state index in [0.29, 0.717) is 0 Å². The van der Waals surface area contributed by atoms with E-state index in [1.54, 1.807) is 18.2 Å². The zero-order valence-corrected chi connectivity index (χ0v) is 12.4. The molecule has 0 radical (unpaired) electrons. The minimum absolute atomic E-state index is 0.141. The van der Waals surface area contributed by atoms with E-state index in [0.717, 1.165) is 10.8 Å². The summed E-state index contributed by atoms with van der Waals surface area (Å²) in [5.74, 6) is -4.61. The number of hydrogen-bond acceptors (Lipinski definition) is 3. The van der Waals surface area contributed by atoms with Gasteiger partial charge in [-0.2, -0.15) is 13.2 Å². The number of halogens is 3. The summed E-state index contributed by atoms with van der Waals surface area (Å²) in [4.78, 5) is 23.6. The number of Topliss-reactive ketones (excluding diaryl/α,β-unsaturated/α-hetero) is 1. The van der Waals surface area contributed by atoms with E-state index >= 15 is 0 Å². The molecule has 0 N–H and O–H groups in total. The van der Waals surface area contributed by atoms with Gasteiger partial charge in [-0.05, 0) is 23.8 Å². The van der Waals surface area contributed by atoms with Gasteiger partial charge >= 0.3 is 12.1 Å². The Labute approximate surface area is 131 Å². The first-order valence-electron chi connectivity index (χ1n) is 7.08. The Morgan fingerprint density at radius 2 is 1.74 bits per heavy atom. The Kier molecular flexibility index (Phi) is 5.03. The van der Waals surface area contributed by atoms with Crippen LogP contribution in [-0.4, -0.2) is 24.5 Å². The Balaban J connectivity index is 2.24. The van der Waals surface area contributed by atoms with Crippen molar-refractivity contribution in [2.24, 2.45) is 5.92 Å². The molecule has 1 unspecified atom stereocenters. The highest BCUT2D eigenvalue weighted by atomic mass is 19.4. The smallest absolute Gasteiger partial charge is 0.402 e. The molecule has 1 atom stereocenters. The third kappa shape index (κ3) is 4.09. The molecule has 0 fully saturated rings. The number of fused-ring (bicyclic) bond motifs is 1. The summed E-state index contributed by atoms with van der Waals surface area (Å²) in [6.07, 6.45) is -5.78. The molecular formula is C17H15F3O3. The first kappa shape index (κ1) is 17.0. The van der Waals surface area contributed by atoms with Crippen LogP contribution in [0.2, 0.25) is 0 Å². The maximum atomic E-state index is 13.0. The standard InChI is InChI=1S/C17H15F3O3/c1-2-23-16(22)14(17(18,19)20)10-15(21)13-8-7-11-5-3-4-6-12(11)9-13/h3-9,14H,2,10H2,1H3. The molecule has 3 nitrogen and oxygen atoms in total. The number of rotatable bonds is 5. The van der Waals surface area contributed by atoms with Gasteiger partial charge < -0.3 is 4.74 Å². The molecule has 23 heavy (non-hydrogen) atoms. The Morgan fingerprint density at radius 1 is 1.09 bits per heavy atom. The van der Waals surface area contributed by atoms with Crippen LogP contribution in [0.25, 0.3) is 10.8 Å². The molecule has 0 saturated heterocycles. The average Bonchev–Trinajstić information content (AvgIpc) is 2.51. The van der Waals surface area contributed by atoms with Crippen LogP contribution in [0.15, 0.2) is 42.5 Å². The van der Waals surface area contributed by atoms with Crippen LogP contribution in [0.5, 0.6) is 0 Å². The highest BCUT2D eigenvalue weighted by Gasteiger charge is 2.47. The Morgan fingerprint density at radius 3 is 2.35 bits per heavy atom. The average molecular weight is 324 g/mol. The Hall–Kier alpha value is -2.37. The number of carbonyl (C=O) groups excluding carboxylic acids is 2. The molecule has 6 heteroatoms. The van der Waals surface area contributed by atoms with Crippen LogP contribution >= 0.6 is 0 Å². The first-order chi connectivity index (χ1) is 10.8. The van der Waals surface area contributed by atoms with Gasteiger partial charge in [0, 0.05) is 12.0 Å². The summed E-state index contributed by atoms with van der Waals surface area (Å²) in [6, 6.07) is 11.8. The van der Waals surface area contributed by atoms with Crippen molar-refractivity contribution in [3.8, 4) is 0 Å². The number of alkyl halides is 3. The molecule has 0 aliphatic carbocycles. The van der Waals surface area contributed by atoms with Crippen molar-refractivity contribution in [3.63, 3.8) is 0 Å². The molecule has 0 amide bonds. The molecule has 0 spiro atoms. The van der Waals surface area contributed by atoms with Crippen molar-refractivity contribution in [1.29, 1.82) is 0 Å². The van der Waals surface area contributed by atoms with Crippen LogP contribution in [0.1, 0.15) is 23.7 Å². The molecule has 0 aromatic heterocycles. The monoisotopic (exact) mass is 324 g/mol. The molecular weight excluding hydrogens is 309 g/mol. The van der Waals surface area contributed by atoms with E-state index in [2.05, 4.69) is 4.74 Å². The van der Waals surface area contributed by atoms with Crippen LogP contribution < -0.4 is 0 Å². The van der Waals surface area contributed by atoms with Crippen LogP contribution in [0.3, 0.4) is 0 Å². The third-order valence-electron chi connectivity index (χ3n) is 3.43. The van der Waals surface area contributed by atoms with Gasteiger partial charge in [-0.15, -0.1) is 0 Å². The number of esters is 1. The molecule has 0 heterocycles. The lowest BCUT2D eigenvalue weighted by Gasteiger charge is -2.18. The van der Waals surface area contributed by atoms with Gasteiger partial charge in [0.05, 0.1) is 6.61 Å². The summed E-state index contributed by atoms with van der Waals surface area (Å²) in [5, 5.41) is 1.62. The quantitative estimate of drug-likeness (QED) is 0.613. The summed E-state index contributed by atoms with van der Waals surface area (Å²) in [7, 11) is 0. The lowest BCUT2D eigenvalue weighted by atomic mass is 9.96. The molecule has 0 aliphatic rings. The molecule has 0 aliphatic heterocycles. The Bertz CT molecular complexity index is 722. The third-order valence-corrected chi connectivity index (χ3v) is 3.43. The van der Waals surface area contributed by atoms with Crippen molar-refractivity contribution in [2.45, 2.75) is 19.5 Å². The van der Waals surface area contributed by atoms with E-state index < -0.39 is 30.3 Å². The second-order valence-electron chi connectivity index (χ2n) is 5.04. The largest absolute Gasteiger partial charge is 0.466 e. The lowest BCUT2D eigenvalue weighted by molar-refractivity contribution is -0.196. The fourth-order valence-electron chi connectivity index (χ4n) is 2.24. The van der Waals surface area contributed by atoms with Gasteiger partial charge in [-0.1, -0.05) is 36.4 Å². The highest BCUT2D eigenvalue weighted by molar-refractivity contribution is 6.01. The second kappa shape index (κ2) is 6.81. The number of ketones is 1. The van der Waals surface area contributed by atoms with E-state index in [-0.39, 0.29) is 12.2 Å². The molecule has 122 valence electrons. The van der Waals surface area contributed by atoms with Crippen LogP contribution in [0.4, 0.5) is 13.2 Å². The minimum atomic E-state index is -4.82. The van der Waals surface area contributed by atoms with Gasteiger partial charge in [-0.25, -0.2) is 0 Å². The van der Waals surface area contributed by atoms with Crippen LogP contribution in [-0.2, 0) is 9.53 Å². The maximum absolute atomic E-state index is 13.0. The zero-order chi connectivity index (χ0) is 17.0. The normalized spacial score (nSPS) is 12.9. The van der Waals surface area contributed by atoms with Gasteiger partial charge in [0.25, 0.3) is 0 Å². The molecule has 2 aromatic carbocycles. The van der Waals surface area contributed by atoms with E-state index in [9.17, 15) is 22.8 Å². The summed E-state index contributed by atoms with van der Waals surface area (Å²) >= 11 is 0. The summed E-state index contributed by atoms with van der Waals surface area (Å²) < 4.78 is 43.3. The zero-order valence-electron chi connectivity index (χ0n) is 12.4. The first-order valence-corrected chi connectivity index (χ1v) is 7.08. The number of ether oxygens (including phenoxy) is 1. The van der Waals surface area contributed by atoms with Crippen molar-refractivity contribution in [3.05, 3.63) is 48.0 Å². The molecule has 2 aromatic rings. The van der Waals surface area contributed by atoms with Crippen molar-refractivity contribution < 1.29 is 27.5 Å².